The fourth-order valence-corrected chi connectivity index (χ4v) is 1.88. The molecule has 0 aliphatic rings. The normalized spacial score (nSPS) is 12.5. The SMILES string of the molecule is C=C(C)CC(NC)c1cc(Cl)ccc1C. The average Bonchev–Trinajstić information content (AvgIpc) is 2.18. The molecule has 1 rings (SSSR count). The van der Waals surface area contributed by atoms with Crippen molar-refractivity contribution < 1.29 is 0 Å². The molecule has 1 aromatic carbocycles. The maximum absolute atomic E-state index is 6.00. The van der Waals surface area contributed by atoms with Crippen LogP contribution >= 0.6 is 11.6 Å². The number of halogens is 1. The summed E-state index contributed by atoms with van der Waals surface area (Å²) in [4.78, 5) is 0. The lowest BCUT2D eigenvalue weighted by atomic mass is 9.96. The number of rotatable bonds is 4. The van der Waals surface area contributed by atoms with Crippen molar-refractivity contribution in [3.63, 3.8) is 0 Å². The van der Waals surface area contributed by atoms with Gasteiger partial charge in [-0.25, -0.2) is 0 Å². The highest BCUT2D eigenvalue weighted by Gasteiger charge is 2.11. The number of benzene rings is 1. The summed E-state index contributed by atoms with van der Waals surface area (Å²) < 4.78 is 0. The molecule has 0 heterocycles. The van der Waals surface area contributed by atoms with E-state index in [1.165, 1.54) is 16.7 Å². The van der Waals surface area contributed by atoms with Gasteiger partial charge in [-0.15, -0.1) is 6.58 Å². The maximum atomic E-state index is 6.00. The maximum Gasteiger partial charge on any atom is 0.0409 e. The van der Waals surface area contributed by atoms with Gasteiger partial charge in [0.2, 0.25) is 0 Å². The summed E-state index contributed by atoms with van der Waals surface area (Å²) in [5.41, 5.74) is 3.70. The Morgan fingerprint density at radius 3 is 2.73 bits per heavy atom. The number of aryl methyl sites for hydroxylation is 1. The van der Waals surface area contributed by atoms with E-state index in [0.29, 0.717) is 6.04 Å². The van der Waals surface area contributed by atoms with Crippen molar-refractivity contribution in [3.8, 4) is 0 Å². The lowest BCUT2D eigenvalue weighted by Gasteiger charge is -2.19. The van der Waals surface area contributed by atoms with Crippen LogP contribution in [-0.2, 0) is 0 Å². The van der Waals surface area contributed by atoms with Gasteiger partial charge in [0.1, 0.15) is 0 Å². The molecule has 1 unspecified atom stereocenters. The first-order chi connectivity index (χ1) is 7.04. The fourth-order valence-electron chi connectivity index (χ4n) is 1.70. The van der Waals surface area contributed by atoms with E-state index in [1.807, 2.05) is 26.1 Å². The van der Waals surface area contributed by atoms with Crippen molar-refractivity contribution in [1.82, 2.24) is 5.32 Å². The van der Waals surface area contributed by atoms with Crippen molar-refractivity contribution in [1.29, 1.82) is 0 Å². The van der Waals surface area contributed by atoms with Gasteiger partial charge in [0, 0.05) is 11.1 Å². The van der Waals surface area contributed by atoms with E-state index in [9.17, 15) is 0 Å². The van der Waals surface area contributed by atoms with Crippen molar-refractivity contribution in [2.75, 3.05) is 7.05 Å². The summed E-state index contributed by atoms with van der Waals surface area (Å²) in [6.45, 7) is 8.10. The third-order valence-electron chi connectivity index (χ3n) is 2.52. The molecule has 0 amide bonds. The van der Waals surface area contributed by atoms with Gasteiger partial charge < -0.3 is 5.32 Å². The fraction of sp³-hybridized carbons (Fsp3) is 0.385. The highest BCUT2D eigenvalue weighted by atomic mass is 35.5. The van der Waals surface area contributed by atoms with Crippen molar-refractivity contribution >= 4 is 11.6 Å². The van der Waals surface area contributed by atoms with Gasteiger partial charge in [-0.05, 0) is 50.6 Å². The molecule has 0 saturated heterocycles. The van der Waals surface area contributed by atoms with Crippen LogP contribution in [0, 0.1) is 6.92 Å². The first kappa shape index (κ1) is 12.3. The molecule has 2 heteroatoms. The van der Waals surface area contributed by atoms with Gasteiger partial charge in [-0.1, -0.05) is 23.2 Å². The van der Waals surface area contributed by atoms with E-state index in [0.717, 1.165) is 11.4 Å². The summed E-state index contributed by atoms with van der Waals surface area (Å²) in [6, 6.07) is 6.32. The first-order valence-electron chi connectivity index (χ1n) is 5.12. The molecular formula is C13H18ClN. The Hall–Kier alpha value is -0.790. The summed E-state index contributed by atoms with van der Waals surface area (Å²) in [5.74, 6) is 0. The highest BCUT2D eigenvalue weighted by molar-refractivity contribution is 6.30. The minimum atomic E-state index is 0.307. The van der Waals surface area contributed by atoms with Crippen LogP contribution in [-0.4, -0.2) is 7.05 Å². The predicted octanol–water partition coefficient (Wildman–Crippen LogP) is 3.88. The van der Waals surface area contributed by atoms with Gasteiger partial charge in [-0.3, -0.25) is 0 Å². The molecule has 15 heavy (non-hydrogen) atoms. The smallest absolute Gasteiger partial charge is 0.0409 e. The van der Waals surface area contributed by atoms with Crippen LogP contribution in [0.25, 0.3) is 0 Å². The minimum absolute atomic E-state index is 0.307. The lowest BCUT2D eigenvalue weighted by molar-refractivity contribution is 0.587. The Labute approximate surface area is 97.1 Å². The predicted molar refractivity (Wildman–Crippen MR) is 67.4 cm³/mol. The van der Waals surface area contributed by atoms with Gasteiger partial charge in [0.15, 0.2) is 0 Å². The van der Waals surface area contributed by atoms with Crippen LogP contribution in [0.4, 0.5) is 0 Å². The highest BCUT2D eigenvalue weighted by Crippen LogP contribution is 2.25. The van der Waals surface area contributed by atoms with Gasteiger partial charge in [0.25, 0.3) is 0 Å². The molecule has 1 nitrogen and oxygen atoms in total. The second-order valence-electron chi connectivity index (χ2n) is 4.00. The molecular weight excluding hydrogens is 206 g/mol. The van der Waals surface area contributed by atoms with Crippen LogP contribution in [0.5, 0.6) is 0 Å². The third kappa shape index (κ3) is 3.37. The standard InChI is InChI=1S/C13H18ClN/c1-9(2)7-13(15-4)12-8-11(14)6-5-10(12)3/h5-6,8,13,15H,1,7H2,2-4H3. The topological polar surface area (TPSA) is 12.0 Å². The second kappa shape index (κ2) is 5.34. The first-order valence-corrected chi connectivity index (χ1v) is 5.50. The summed E-state index contributed by atoms with van der Waals surface area (Å²) >= 11 is 6.00. The molecule has 1 atom stereocenters. The van der Waals surface area contributed by atoms with E-state index in [2.05, 4.69) is 24.9 Å². The molecule has 0 aliphatic carbocycles. The van der Waals surface area contributed by atoms with E-state index < -0.39 is 0 Å². The quantitative estimate of drug-likeness (QED) is 0.764. The Morgan fingerprint density at radius 1 is 1.53 bits per heavy atom. The van der Waals surface area contributed by atoms with E-state index in [4.69, 9.17) is 11.6 Å². The lowest BCUT2D eigenvalue weighted by Crippen LogP contribution is -2.17. The molecule has 82 valence electrons. The van der Waals surface area contributed by atoms with E-state index in [1.54, 1.807) is 0 Å². The van der Waals surface area contributed by atoms with Crippen molar-refractivity contribution in [2.24, 2.45) is 0 Å². The van der Waals surface area contributed by atoms with Gasteiger partial charge in [0.05, 0.1) is 0 Å². The van der Waals surface area contributed by atoms with Crippen LogP contribution in [0.1, 0.15) is 30.5 Å². The molecule has 0 saturated carbocycles. The van der Waals surface area contributed by atoms with Gasteiger partial charge in [-0.2, -0.15) is 0 Å². The minimum Gasteiger partial charge on any atom is -0.313 e. The van der Waals surface area contributed by atoms with E-state index >= 15 is 0 Å². The van der Waals surface area contributed by atoms with Crippen LogP contribution in [0.2, 0.25) is 5.02 Å². The Bertz CT molecular complexity index is 358. The average molecular weight is 224 g/mol. The molecule has 0 aliphatic heterocycles. The zero-order valence-electron chi connectivity index (χ0n) is 9.60. The Morgan fingerprint density at radius 2 is 2.20 bits per heavy atom. The van der Waals surface area contributed by atoms with Gasteiger partial charge >= 0.3 is 0 Å². The molecule has 0 spiro atoms. The van der Waals surface area contributed by atoms with Crippen molar-refractivity contribution in [2.45, 2.75) is 26.3 Å². The van der Waals surface area contributed by atoms with Crippen LogP contribution in [0.3, 0.4) is 0 Å². The molecule has 1 aromatic rings. The zero-order valence-corrected chi connectivity index (χ0v) is 10.4. The number of nitrogens with one attached hydrogen (secondary N) is 1. The largest absolute Gasteiger partial charge is 0.313 e. The Kier molecular flexibility index (Phi) is 4.37. The molecule has 0 radical (unpaired) electrons. The van der Waals surface area contributed by atoms with E-state index in [-0.39, 0.29) is 0 Å². The van der Waals surface area contributed by atoms with Crippen LogP contribution < -0.4 is 5.32 Å². The Balaban J connectivity index is 3.00. The summed E-state index contributed by atoms with van der Waals surface area (Å²) in [7, 11) is 1.97. The monoisotopic (exact) mass is 223 g/mol. The summed E-state index contributed by atoms with van der Waals surface area (Å²) in [5, 5.41) is 4.09. The molecule has 0 bridgehead atoms. The molecule has 0 fully saturated rings. The molecule has 1 N–H and O–H groups in total. The van der Waals surface area contributed by atoms with Crippen molar-refractivity contribution in [3.05, 3.63) is 46.5 Å². The zero-order chi connectivity index (χ0) is 11.4. The number of hydrogen-bond donors (Lipinski definition) is 1. The molecule has 0 aromatic heterocycles. The third-order valence-corrected chi connectivity index (χ3v) is 2.75. The van der Waals surface area contributed by atoms with Crippen LogP contribution in [0.15, 0.2) is 30.4 Å². The number of hydrogen-bond acceptors (Lipinski definition) is 1. The second-order valence-corrected chi connectivity index (χ2v) is 4.44. The summed E-state index contributed by atoms with van der Waals surface area (Å²) in [6.07, 6.45) is 0.942.